The van der Waals surface area contributed by atoms with E-state index in [1.54, 1.807) is 10.9 Å². The minimum Gasteiger partial charge on any atom is -0.266 e. The molecular weight excluding hydrogens is 188 g/mol. The normalized spacial score (nSPS) is 10.2. The van der Waals surface area contributed by atoms with E-state index in [2.05, 4.69) is 5.10 Å². The maximum atomic E-state index is 11.0. The number of rotatable bonds is 1. The van der Waals surface area contributed by atoms with E-state index in [0.29, 0.717) is 0 Å². The van der Waals surface area contributed by atoms with Crippen LogP contribution in [0, 0.1) is 0 Å². The average Bonchev–Trinajstić information content (AvgIpc) is 2.49. The van der Waals surface area contributed by atoms with Gasteiger partial charge in [-0.3, -0.25) is 14.6 Å². The number of halogens is 1. The fourth-order valence-electron chi connectivity index (χ4n) is 1.09. The van der Waals surface area contributed by atoms with Gasteiger partial charge in [0.05, 0.1) is 11.9 Å². The molecule has 1 N–H and O–H groups in total. The summed E-state index contributed by atoms with van der Waals surface area (Å²) in [6, 6.07) is 9.45. The fraction of sp³-hybridized carbons (Fsp3) is 0. The molecule has 0 aliphatic rings. The number of hydrogen-bond acceptors (Lipinski definition) is 1. The SMILES string of the molecule is O=c1[nH]n(-c2ccccc2)cc1Cl. The number of para-hydroxylation sites is 1. The molecule has 0 unspecified atom stereocenters. The lowest BCUT2D eigenvalue weighted by Crippen LogP contribution is -2.03. The summed E-state index contributed by atoms with van der Waals surface area (Å²) in [4.78, 5) is 11.0. The van der Waals surface area contributed by atoms with Crippen molar-refractivity contribution >= 4 is 11.6 Å². The zero-order valence-electron chi connectivity index (χ0n) is 6.70. The van der Waals surface area contributed by atoms with Crippen LogP contribution in [0.15, 0.2) is 41.3 Å². The van der Waals surface area contributed by atoms with Gasteiger partial charge in [0.2, 0.25) is 0 Å². The summed E-state index contributed by atoms with van der Waals surface area (Å²) in [5, 5.41) is 2.79. The van der Waals surface area contributed by atoms with Gasteiger partial charge in [0, 0.05) is 0 Å². The lowest BCUT2D eigenvalue weighted by atomic mass is 10.3. The van der Waals surface area contributed by atoms with Crippen LogP contribution < -0.4 is 5.56 Å². The molecule has 1 aromatic heterocycles. The highest BCUT2D eigenvalue weighted by molar-refractivity contribution is 6.30. The molecule has 0 fully saturated rings. The fourth-order valence-corrected chi connectivity index (χ4v) is 1.23. The van der Waals surface area contributed by atoms with Crippen LogP contribution in [0.2, 0.25) is 5.02 Å². The molecule has 2 aromatic rings. The second-order valence-corrected chi connectivity index (χ2v) is 3.03. The van der Waals surface area contributed by atoms with E-state index in [4.69, 9.17) is 11.6 Å². The van der Waals surface area contributed by atoms with Gasteiger partial charge < -0.3 is 0 Å². The van der Waals surface area contributed by atoms with Crippen LogP contribution in [0.1, 0.15) is 0 Å². The third-order valence-corrected chi connectivity index (χ3v) is 1.98. The van der Waals surface area contributed by atoms with Crippen LogP contribution in [0.3, 0.4) is 0 Å². The molecule has 0 radical (unpaired) electrons. The summed E-state index contributed by atoms with van der Waals surface area (Å²) in [6.45, 7) is 0. The molecule has 1 aromatic carbocycles. The molecule has 0 amide bonds. The Morgan fingerprint density at radius 1 is 1.23 bits per heavy atom. The van der Waals surface area contributed by atoms with Gasteiger partial charge in [-0.05, 0) is 12.1 Å². The zero-order chi connectivity index (χ0) is 9.26. The Balaban J connectivity index is 2.54. The van der Waals surface area contributed by atoms with Gasteiger partial charge in [0.1, 0.15) is 5.02 Å². The van der Waals surface area contributed by atoms with Gasteiger partial charge in [-0.25, -0.2) is 0 Å². The van der Waals surface area contributed by atoms with Gasteiger partial charge in [-0.2, -0.15) is 0 Å². The first-order valence-electron chi connectivity index (χ1n) is 3.80. The number of nitrogens with zero attached hydrogens (tertiary/aromatic N) is 1. The van der Waals surface area contributed by atoms with Crippen LogP contribution in [-0.4, -0.2) is 9.78 Å². The van der Waals surface area contributed by atoms with Crippen molar-refractivity contribution in [2.45, 2.75) is 0 Å². The second-order valence-electron chi connectivity index (χ2n) is 2.62. The lowest BCUT2D eigenvalue weighted by Gasteiger charge is -1.99. The number of benzene rings is 1. The summed E-state index contributed by atoms with van der Waals surface area (Å²) >= 11 is 5.61. The lowest BCUT2D eigenvalue weighted by molar-refractivity contribution is 0.864. The van der Waals surface area contributed by atoms with E-state index in [0.717, 1.165) is 5.69 Å². The second kappa shape index (κ2) is 3.11. The minimum absolute atomic E-state index is 0.198. The molecule has 0 saturated carbocycles. The minimum atomic E-state index is -0.273. The Hall–Kier alpha value is -1.48. The van der Waals surface area contributed by atoms with Crippen molar-refractivity contribution in [3.05, 3.63) is 51.9 Å². The Kier molecular flexibility index (Phi) is 1.94. The molecule has 3 nitrogen and oxygen atoms in total. The number of hydrogen-bond donors (Lipinski definition) is 1. The largest absolute Gasteiger partial charge is 0.283 e. The first-order chi connectivity index (χ1) is 6.27. The third kappa shape index (κ3) is 1.51. The first kappa shape index (κ1) is 8.13. The molecule has 0 bridgehead atoms. The first-order valence-corrected chi connectivity index (χ1v) is 4.18. The highest BCUT2D eigenvalue weighted by Gasteiger charge is 2.00. The van der Waals surface area contributed by atoms with Crippen molar-refractivity contribution in [2.75, 3.05) is 0 Å². The number of nitrogens with one attached hydrogen (secondary N) is 1. The average molecular weight is 195 g/mol. The molecule has 1 heterocycles. The Morgan fingerprint density at radius 2 is 1.92 bits per heavy atom. The van der Waals surface area contributed by atoms with Crippen LogP contribution >= 0.6 is 11.6 Å². The Morgan fingerprint density at radius 3 is 2.46 bits per heavy atom. The van der Waals surface area contributed by atoms with Gasteiger partial charge >= 0.3 is 0 Å². The maximum absolute atomic E-state index is 11.0. The number of aromatic nitrogens is 2. The molecule has 0 aliphatic carbocycles. The van der Waals surface area contributed by atoms with Crippen molar-refractivity contribution in [1.29, 1.82) is 0 Å². The summed E-state index contributed by atoms with van der Waals surface area (Å²) in [7, 11) is 0. The molecule has 4 heteroatoms. The molecule has 13 heavy (non-hydrogen) atoms. The van der Waals surface area contributed by atoms with Gasteiger partial charge in [-0.15, -0.1) is 0 Å². The van der Waals surface area contributed by atoms with Crippen molar-refractivity contribution in [1.82, 2.24) is 9.78 Å². The highest BCUT2D eigenvalue weighted by atomic mass is 35.5. The van der Waals surface area contributed by atoms with Crippen LogP contribution in [0.4, 0.5) is 0 Å². The Labute approximate surface area is 79.6 Å². The molecule has 2 rings (SSSR count). The standard InChI is InChI=1S/C9H7ClN2O/c10-8-6-12(11-9(8)13)7-4-2-1-3-5-7/h1-6H,(H,11,13). The van der Waals surface area contributed by atoms with Crippen LogP contribution in [-0.2, 0) is 0 Å². The van der Waals surface area contributed by atoms with Crippen molar-refractivity contribution in [3.8, 4) is 5.69 Å². The van der Waals surface area contributed by atoms with E-state index in [-0.39, 0.29) is 10.6 Å². The number of H-pyrrole nitrogens is 1. The van der Waals surface area contributed by atoms with Crippen molar-refractivity contribution < 1.29 is 0 Å². The molecule has 0 spiro atoms. The van der Waals surface area contributed by atoms with E-state index in [1.807, 2.05) is 30.3 Å². The predicted octanol–water partition coefficient (Wildman–Crippen LogP) is 1.82. The van der Waals surface area contributed by atoms with Gasteiger partial charge in [0.15, 0.2) is 0 Å². The van der Waals surface area contributed by atoms with Crippen molar-refractivity contribution in [3.63, 3.8) is 0 Å². The quantitative estimate of drug-likeness (QED) is 0.739. The number of aromatic amines is 1. The van der Waals surface area contributed by atoms with E-state index in [9.17, 15) is 4.79 Å². The Bertz CT molecular complexity index is 458. The van der Waals surface area contributed by atoms with Gasteiger partial charge in [-0.1, -0.05) is 29.8 Å². The third-order valence-electron chi connectivity index (χ3n) is 1.72. The zero-order valence-corrected chi connectivity index (χ0v) is 7.45. The molecule has 0 aliphatic heterocycles. The molecule has 0 atom stereocenters. The summed E-state index contributed by atoms with van der Waals surface area (Å²) in [5.41, 5.74) is 0.608. The van der Waals surface area contributed by atoms with Crippen LogP contribution in [0.5, 0.6) is 0 Å². The molecular formula is C9H7ClN2O. The van der Waals surface area contributed by atoms with Gasteiger partial charge in [0.25, 0.3) is 5.56 Å². The topological polar surface area (TPSA) is 37.8 Å². The monoisotopic (exact) mass is 194 g/mol. The highest BCUT2D eigenvalue weighted by Crippen LogP contribution is 2.07. The van der Waals surface area contributed by atoms with Crippen LogP contribution in [0.25, 0.3) is 5.69 Å². The summed E-state index contributed by atoms with van der Waals surface area (Å²) < 4.78 is 1.59. The predicted molar refractivity (Wildman–Crippen MR) is 51.4 cm³/mol. The smallest absolute Gasteiger partial charge is 0.266 e. The van der Waals surface area contributed by atoms with E-state index < -0.39 is 0 Å². The van der Waals surface area contributed by atoms with E-state index in [1.165, 1.54) is 0 Å². The molecule has 0 saturated heterocycles. The van der Waals surface area contributed by atoms with E-state index >= 15 is 0 Å². The molecule has 66 valence electrons. The summed E-state index contributed by atoms with van der Waals surface area (Å²) in [5.74, 6) is 0. The van der Waals surface area contributed by atoms with Crippen molar-refractivity contribution in [2.24, 2.45) is 0 Å². The summed E-state index contributed by atoms with van der Waals surface area (Å²) in [6.07, 6.45) is 1.55. The maximum Gasteiger partial charge on any atom is 0.283 e.